The van der Waals surface area contributed by atoms with Gasteiger partial charge in [-0.2, -0.15) is 0 Å². The lowest BCUT2D eigenvalue weighted by Crippen LogP contribution is -2.41. The van der Waals surface area contributed by atoms with Gasteiger partial charge in [0.2, 0.25) is 0 Å². The summed E-state index contributed by atoms with van der Waals surface area (Å²) >= 11 is 0. The number of allylic oxidation sites excluding steroid dienone is 2. The van der Waals surface area contributed by atoms with E-state index in [1.54, 1.807) is 7.11 Å². The maximum absolute atomic E-state index is 11.9. The first-order valence-electron chi connectivity index (χ1n) is 17.9. The van der Waals surface area contributed by atoms with Gasteiger partial charge in [0.1, 0.15) is 5.75 Å². The molecule has 1 aliphatic heterocycles. The molecule has 1 saturated heterocycles. The molecule has 0 unspecified atom stereocenters. The van der Waals surface area contributed by atoms with Crippen LogP contribution in [0, 0.1) is 11.3 Å². The van der Waals surface area contributed by atoms with E-state index in [4.69, 9.17) is 28.1 Å². The van der Waals surface area contributed by atoms with Gasteiger partial charge in [-0.1, -0.05) is 64.8 Å². The molecule has 0 aliphatic carbocycles. The number of ether oxygens (including phenoxy) is 5. The van der Waals surface area contributed by atoms with Crippen molar-refractivity contribution < 1.29 is 32.9 Å². The highest BCUT2D eigenvalue weighted by molar-refractivity contribution is 6.74. The molecule has 2 rings (SSSR count). The fourth-order valence-corrected chi connectivity index (χ4v) is 6.38. The molecule has 1 heterocycles. The number of carbonyl (C=O) groups is 1. The summed E-state index contributed by atoms with van der Waals surface area (Å²) < 4.78 is 36.8. The van der Waals surface area contributed by atoms with Crippen molar-refractivity contribution in [2.45, 2.75) is 163 Å². The van der Waals surface area contributed by atoms with Gasteiger partial charge in [0.15, 0.2) is 14.1 Å². The number of rotatable bonds is 20. The minimum absolute atomic E-state index is 0.0149. The maximum Gasteiger partial charge on any atom is 0.311 e. The summed E-state index contributed by atoms with van der Waals surface area (Å²) in [5, 5.41) is 0.162. The van der Waals surface area contributed by atoms with Crippen molar-refractivity contribution in [2.75, 3.05) is 20.3 Å². The summed E-state index contributed by atoms with van der Waals surface area (Å²) in [6, 6.07) is 8.07. The smallest absolute Gasteiger partial charge is 0.311 e. The van der Waals surface area contributed by atoms with Gasteiger partial charge in [0.25, 0.3) is 0 Å². The standard InChI is InChI=1S/C39H68O7Si/c1-30(20-18-16-14-13-15-17-19-26-42-36(40)37(2,3)4)35-34(45-39(8,9)46-35)28-33(25-27-44-47(11,12)38(5,6)7)43-29-31-21-23-32(41-10)24-22-31/h16,18,21-24,30,33-35H,13-15,17,19-20,25-29H2,1-12H3/b18-16+/t30-,33-,34-,35+/m0/s1. The topological polar surface area (TPSA) is 72.5 Å². The molecule has 8 heteroatoms. The van der Waals surface area contributed by atoms with Crippen LogP contribution in [-0.2, 0) is 34.8 Å². The Balaban J connectivity index is 1.91. The summed E-state index contributed by atoms with van der Waals surface area (Å²) in [4.78, 5) is 11.9. The highest BCUT2D eigenvalue weighted by Gasteiger charge is 2.44. The third kappa shape index (κ3) is 15.2. The van der Waals surface area contributed by atoms with E-state index in [1.165, 1.54) is 0 Å². The molecule has 0 radical (unpaired) electrons. The average molecular weight is 677 g/mol. The lowest BCUT2D eigenvalue weighted by Gasteiger charge is -2.36. The van der Waals surface area contributed by atoms with Crippen LogP contribution in [0.25, 0.3) is 0 Å². The Hall–Kier alpha value is -1.71. The second kappa shape index (κ2) is 18.9. The Kier molecular flexibility index (Phi) is 16.7. The van der Waals surface area contributed by atoms with E-state index < -0.39 is 19.5 Å². The van der Waals surface area contributed by atoms with Crippen LogP contribution >= 0.6 is 0 Å². The molecule has 1 aromatic rings. The number of methoxy groups -OCH3 is 1. The number of hydrogen-bond acceptors (Lipinski definition) is 7. The highest BCUT2D eigenvalue weighted by Crippen LogP contribution is 2.38. The summed E-state index contributed by atoms with van der Waals surface area (Å²) in [5.41, 5.74) is 0.685. The number of unbranched alkanes of at least 4 members (excludes halogenated alkanes) is 4. The van der Waals surface area contributed by atoms with Crippen LogP contribution < -0.4 is 4.74 Å². The van der Waals surface area contributed by atoms with Crippen molar-refractivity contribution in [3.05, 3.63) is 42.0 Å². The zero-order chi connectivity index (χ0) is 35.3. The third-order valence-electron chi connectivity index (χ3n) is 9.42. The minimum atomic E-state index is -1.86. The van der Waals surface area contributed by atoms with Crippen molar-refractivity contribution in [2.24, 2.45) is 11.3 Å². The van der Waals surface area contributed by atoms with Crippen LogP contribution in [0.3, 0.4) is 0 Å². The molecular formula is C39H68O7Si. The number of carbonyl (C=O) groups excluding carboxylic acids is 1. The van der Waals surface area contributed by atoms with Crippen LogP contribution in [0.4, 0.5) is 0 Å². The van der Waals surface area contributed by atoms with Crippen LogP contribution in [0.5, 0.6) is 5.75 Å². The van der Waals surface area contributed by atoms with Crippen molar-refractivity contribution in [3.8, 4) is 5.75 Å². The van der Waals surface area contributed by atoms with E-state index in [1.807, 2.05) is 46.8 Å². The largest absolute Gasteiger partial charge is 0.497 e. The van der Waals surface area contributed by atoms with Crippen LogP contribution in [0.2, 0.25) is 18.1 Å². The van der Waals surface area contributed by atoms with E-state index in [2.05, 4.69) is 65.1 Å². The average Bonchev–Trinajstić information content (AvgIpc) is 3.29. The first kappa shape index (κ1) is 41.5. The van der Waals surface area contributed by atoms with Crippen LogP contribution in [-0.4, -0.2) is 58.7 Å². The molecule has 1 aromatic carbocycles. The van der Waals surface area contributed by atoms with Gasteiger partial charge in [-0.25, -0.2) is 0 Å². The fraction of sp³-hybridized carbons (Fsp3) is 0.769. The molecule has 47 heavy (non-hydrogen) atoms. The molecule has 0 bridgehead atoms. The van der Waals surface area contributed by atoms with Crippen LogP contribution in [0.1, 0.15) is 119 Å². The van der Waals surface area contributed by atoms with E-state index in [-0.39, 0.29) is 29.3 Å². The quantitative estimate of drug-likeness (QED) is 0.0589. The molecule has 270 valence electrons. The number of esters is 1. The molecule has 7 nitrogen and oxygen atoms in total. The summed E-state index contributed by atoms with van der Waals surface area (Å²) in [6.07, 6.45) is 12.3. The van der Waals surface area contributed by atoms with Gasteiger partial charge in [0.05, 0.1) is 44.1 Å². The van der Waals surface area contributed by atoms with Crippen molar-refractivity contribution in [1.29, 1.82) is 0 Å². The Bertz CT molecular complexity index is 1070. The normalized spacial score (nSPS) is 20.0. The van der Waals surface area contributed by atoms with Gasteiger partial charge in [-0.05, 0) is 108 Å². The first-order chi connectivity index (χ1) is 21.8. The van der Waals surface area contributed by atoms with Gasteiger partial charge in [-0.15, -0.1) is 0 Å². The Morgan fingerprint density at radius 1 is 0.957 bits per heavy atom. The molecule has 4 atom stereocenters. The summed E-state index contributed by atoms with van der Waals surface area (Å²) in [6.45, 7) is 25.1. The van der Waals surface area contributed by atoms with Gasteiger partial charge in [-0.3, -0.25) is 4.79 Å². The zero-order valence-electron chi connectivity index (χ0n) is 31.9. The zero-order valence-corrected chi connectivity index (χ0v) is 32.9. The molecule has 0 spiro atoms. The third-order valence-corrected chi connectivity index (χ3v) is 14.0. The van der Waals surface area contributed by atoms with E-state index >= 15 is 0 Å². The number of hydrogen-bond donors (Lipinski definition) is 0. The molecular weight excluding hydrogens is 609 g/mol. The maximum atomic E-state index is 11.9. The second-order valence-electron chi connectivity index (χ2n) is 16.3. The molecule has 1 fully saturated rings. The van der Waals surface area contributed by atoms with Gasteiger partial charge >= 0.3 is 5.97 Å². The predicted octanol–water partition coefficient (Wildman–Crippen LogP) is 10.0. The minimum Gasteiger partial charge on any atom is -0.497 e. The fourth-order valence-electron chi connectivity index (χ4n) is 5.32. The van der Waals surface area contributed by atoms with E-state index in [9.17, 15) is 4.79 Å². The van der Waals surface area contributed by atoms with Crippen LogP contribution in [0.15, 0.2) is 36.4 Å². The lowest BCUT2D eigenvalue weighted by molar-refractivity contribution is -0.153. The van der Waals surface area contributed by atoms with Crippen molar-refractivity contribution in [1.82, 2.24) is 0 Å². The number of benzene rings is 1. The van der Waals surface area contributed by atoms with E-state index in [0.717, 1.165) is 62.7 Å². The molecule has 0 N–H and O–H groups in total. The van der Waals surface area contributed by atoms with Gasteiger partial charge in [0, 0.05) is 13.0 Å². The predicted molar refractivity (Wildman–Crippen MR) is 194 cm³/mol. The van der Waals surface area contributed by atoms with E-state index in [0.29, 0.717) is 25.7 Å². The summed E-state index contributed by atoms with van der Waals surface area (Å²) in [7, 11) is -0.180. The Morgan fingerprint density at radius 3 is 2.23 bits per heavy atom. The molecule has 1 aliphatic rings. The Morgan fingerprint density at radius 2 is 1.62 bits per heavy atom. The monoisotopic (exact) mass is 676 g/mol. The molecule has 0 saturated carbocycles. The molecule has 0 aromatic heterocycles. The highest BCUT2D eigenvalue weighted by atomic mass is 28.4. The summed E-state index contributed by atoms with van der Waals surface area (Å²) in [5.74, 6) is 0.395. The first-order valence-corrected chi connectivity index (χ1v) is 20.8. The van der Waals surface area contributed by atoms with Gasteiger partial charge < -0.3 is 28.1 Å². The SMILES string of the molecule is COc1ccc(CO[C@@H](CCO[Si](C)(C)C(C)(C)C)C[C@@H]2OC(C)(C)O[C@@H]2[C@@H](C)C/C=C/CCCCCCOC(=O)C(C)(C)C)cc1. The Labute approximate surface area is 288 Å². The van der Waals surface area contributed by atoms with Crippen molar-refractivity contribution >= 4 is 14.3 Å². The van der Waals surface area contributed by atoms with Crippen molar-refractivity contribution in [3.63, 3.8) is 0 Å². The lowest BCUT2D eigenvalue weighted by atomic mass is 9.92. The molecule has 0 amide bonds. The second-order valence-corrected chi connectivity index (χ2v) is 21.1.